The number of carbonyl (C=O) groups is 1. The number of rotatable bonds is 2. The molecule has 4 heteroatoms. The highest BCUT2D eigenvalue weighted by Gasteiger charge is 2.14. The summed E-state index contributed by atoms with van der Waals surface area (Å²) in [6, 6.07) is 12.2. The van der Waals surface area contributed by atoms with Gasteiger partial charge in [0.25, 0.3) is 0 Å². The summed E-state index contributed by atoms with van der Waals surface area (Å²) in [4.78, 5) is 10.6. The number of aromatic carboxylic acids is 1. The fourth-order valence-corrected chi connectivity index (χ4v) is 1.45. The second-order valence-corrected chi connectivity index (χ2v) is 3.30. The Kier molecular flexibility index (Phi) is 2.55. The van der Waals surface area contributed by atoms with Crippen molar-refractivity contribution in [2.24, 2.45) is 0 Å². The third-order valence-electron chi connectivity index (χ3n) is 2.24. The SMILES string of the molecule is O=C(O)c1ccc(-c2ccccc2)c[n+]1[O-]. The van der Waals surface area contributed by atoms with Crippen LogP contribution >= 0.6 is 0 Å². The molecule has 0 atom stereocenters. The van der Waals surface area contributed by atoms with Gasteiger partial charge >= 0.3 is 11.7 Å². The normalized spacial score (nSPS) is 10.0. The van der Waals surface area contributed by atoms with E-state index in [0.717, 1.165) is 5.56 Å². The molecular formula is C12H9NO3. The van der Waals surface area contributed by atoms with Crippen molar-refractivity contribution in [1.29, 1.82) is 0 Å². The highest BCUT2D eigenvalue weighted by molar-refractivity contribution is 5.84. The predicted octanol–water partition coefficient (Wildman–Crippen LogP) is 1.69. The van der Waals surface area contributed by atoms with Crippen molar-refractivity contribution in [2.75, 3.05) is 0 Å². The van der Waals surface area contributed by atoms with Crippen molar-refractivity contribution >= 4 is 5.97 Å². The lowest BCUT2D eigenvalue weighted by molar-refractivity contribution is -0.607. The first-order valence-corrected chi connectivity index (χ1v) is 4.70. The molecule has 1 aromatic carbocycles. The number of carboxylic acids is 1. The van der Waals surface area contributed by atoms with Crippen LogP contribution in [0.4, 0.5) is 0 Å². The van der Waals surface area contributed by atoms with Crippen LogP contribution in [0.15, 0.2) is 48.7 Å². The van der Waals surface area contributed by atoms with Crippen molar-refractivity contribution in [2.45, 2.75) is 0 Å². The van der Waals surface area contributed by atoms with Crippen LogP contribution in [-0.2, 0) is 0 Å². The molecule has 1 heterocycles. The van der Waals surface area contributed by atoms with Gasteiger partial charge < -0.3 is 10.3 Å². The van der Waals surface area contributed by atoms with Crippen molar-refractivity contribution in [3.63, 3.8) is 0 Å². The zero-order valence-electron chi connectivity index (χ0n) is 8.33. The topological polar surface area (TPSA) is 64.2 Å². The first-order chi connectivity index (χ1) is 7.68. The van der Waals surface area contributed by atoms with Crippen molar-refractivity contribution in [1.82, 2.24) is 0 Å². The molecule has 0 spiro atoms. The Hall–Kier alpha value is -2.36. The summed E-state index contributed by atoms with van der Waals surface area (Å²) in [5.41, 5.74) is 1.30. The van der Waals surface area contributed by atoms with Gasteiger partial charge in [0, 0.05) is 11.6 Å². The Balaban J connectivity index is 2.46. The van der Waals surface area contributed by atoms with Gasteiger partial charge in [-0.15, -0.1) is 0 Å². The van der Waals surface area contributed by atoms with Crippen LogP contribution in [0.25, 0.3) is 11.1 Å². The van der Waals surface area contributed by atoms with Gasteiger partial charge in [-0.25, -0.2) is 4.79 Å². The summed E-state index contributed by atoms with van der Waals surface area (Å²) in [5.74, 6) is -1.23. The maximum absolute atomic E-state index is 11.4. The molecule has 2 aromatic rings. The molecule has 4 nitrogen and oxygen atoms in total. The zero-order chi connectivity index (χ0) is 11.5. The van der Waals surface area contributed by atoms with Crippen LogP contribution in [0, 0.1) is 5.21 Å². The van der Waals surface area contributed by atoms with Gasteiger partial charge in [-0.05, 0) is 11.6 Å². The molecule has 0 fully saturated rings. The van der Waals surface area contributed by atoms with E-state index in [2.05, 4.69) is 0 Å². The Morgan fingerprint density at radius 1 is 1.06 bits per heavy atom. The lowest BCUT2D eigenvalue weighted by atomic mass is 10.1. The van der Waals surface area contributed by atoms with Crippen LogP contribution in [-0.4, -0.2) is 11.1 Å². The highest BCUT2D eigenvalue weighted by atomic mass is 16.5. The standard InChI is InChI=1S/C12H9NO3/c14-12(15)11-7-6-10(8-13(11)16)9-4-2-1-3-5-9/h1-8H,(H,14,15). The predicted molar refractivity (Wildman–Crippen MR) is 57.8 cm³/mol. The minimum atomic E-state index is -1.23. The van der Waals surface area contributed by atoms with Gasteiger partial charge in [0.1, 0.15) is 0 Å². The van der Waals surface area contributed by atoms with Gasteiger partial charge in [-0.3, -0.25) is 0 Å². The summed E-state index contributed by atoms with van der Waals surface area (Å²) in [7, 11) is 0. The fourth-order valence-electron chi connectivity index (χ4n) is 1.45. The quantitative estimate of drug-likeness (QED) is 0.612. The number of carboxylic acid groups (broad SMARTS) is 1. The lowest BCUT2D eigenvalue weighted by Gasteiger charge is -2.03. The molecular weight excluding hydrogens is 206 g/mol. The van der Waals surface area contributed by atoms with Crippen LogP contribution in [0.1, 0.15) is 10.5 Å². The van der Waals surface area contributed by atoms with Gasteiger partial charge in [0.05, 0.1) is 0 Å². The molecule has 0 aliphatic carbocycles. The van der Waals surface area contributed by atoms with Crippen molar-refractivity contribution < 1.29 is 14.6 Å². The van der Waals surface area contributed by atoms with E-state index in [1.807, 2.05) is 30.3 Å². The van der Waals surface area contributed by atoms with Crippen LogP contribution in [0.2, 0.25) is 0 Å². The number of hydrogen-bond donors (Lipinski definition) is 1. The van der Waals surface area contributed by atoms with E-state index in [1.165, 1.54) is 12.3 Å². The fraction of sp³-hybridized carbons (Fsp3) is 0. The second kappa shape index (κ2) is 4.02. The Labute approximate surface area is 92.0 Å². The molecule has 0 unspecified atom stereocenters. The monoisotopic (exact) mass is 215 g/mol. The molecule has 80 valence electrons. The molecule has 0 aliphatic heterocycles. The Morgan fingerprint density at radius 3 is 2.31 bits per heavy atom. The van der Waals surface area contributed by atoms with E-state index in [0.29, 0.717) is 10.3 Å². The molecule has 0 bridgehead atoms. The van der Waals surface area contributed by atoms with Crippen molar-refractivity contribution in [3.8, 4) is 11.1 Å². The maximum atomic E-state index is 11.4. The molecule has 2 rings (SSSR count). The molecule has 1 N–H and O–H groups in total. The molecule has 0 saturated carbocycles. The summed E-state index contributed by atoms with van der Waals surface area (Å²) in [5, 5.41) is 20.1. The lowest BCUT2D eigenvalue weighted by Crippen LogP contribution is -2.34. The first-order valence-electron chi connectivity index (χ1n) is 4.70. The average molecular weight is 215 g/mol. The van der Waals surface area contributed by atoms with Gasteiger partial charge in [-0.1, -0.05) is 30.3 Å². The maximum Gasteiger partial charge on any atom is 0.402 e. The second-order valence-electron chi connectivity index (χ2n) is 3.30. The highest BCUT2D eigenvalue weighted by Crippen LogP contribution is 2.16. The molecule has 0 aliphatic rings. The molecule has 1 aromatic heterocycles. The molecule has 0 saturated heterocycles. The van der Waals surface area contributed by atoms with Gasteiger partial charge in [0.2, 0.25) is 0 Å². The van der Waals surface area contributed by atoms with E-state index >= 15 is 0 Å². The zero-order valence-corrected chi connectivity index (χ0v) is 8.33. The third-order valence-corrected chi connectivity index (χ3v) is 2.24. The van der Waals surface area contributed by atoms with Crippen LogP contribution in [0.5, 0.6) is 0 Å². The number of nitrogens with zero attached hydrogens (tertiary/aromatic N) is 1. The minimum absolute atomic E-state index is 0.278. The van der Waals surface area contributed by atoms with Crippen molar-refractivity contribution in [3.05, 3.63) is 59.6 Å². The number of hydrogen-bond acceptors (Lipinski definition) is 2. The van der Waals surface area contributed by atoms with E-state index < -0.39 is 5.97 Å². The smallest absolute Gasteiger partial charge is 0.402 e. The summed E-state index contributed by atoms with van der Waals surface area (Å²) >= 11 is 0. The number of benzene rings is 1. The first kappa shape index (κ1) is 10.2. The summed E-state index contributed by atoms with van der Waals surface area (Å²) < 4.78 is 0.366. The average Bonchev–Trinajstić information content (AvgIpc) is 2.29. The molecule has 0 amide bonds. The number of aromatic nitrogens is 1. The molecule has 0 radical (unpaired) electrons. The minimum Gasteiger partial charge on any atom is -0.618 e. The Morgan fingerprint density at radius 2 is 1.75 bits per heavy atom. The van der Waals surface area contributed by atoms with Crippen LogP contribution in [0.3, 0.4) is 0 Å². The summed E-state index contributed by atoms with van der Waals surface area (Å²) in [6.07, 6.45) is 1.26. The summed E-state index contributed by atoms with van der Waals surface area (Å²) in [6.45, 7) is 0. The largest absolute Gasteiger partial charge is 0.618 e. The van der Waals surface area contributed by atoms with E-state index in [1.54, 1.807) is 6.07 Å². The van der Waals surface area contributed by atoms with E-state index in [-0.39, 0.29) is 5.69 Å². The van der Waals surface area contributed by atoms with Gasteiger partial charge in [-0.2, -0.15) is 4.73 Å². The van der Waals surface area contributed by atoms with Crippen LogP contribution < -0.4 is 4.73 Å². The Bertz CT molecular complexity index is 523. The number of pyridine rings is 1. The van der Waals surface area contributed by atoms with Gasteiger partial charge in [0.15, 0.2) is 6.20 Å². The van der Waals surface area contributed by atoms with E-state index in [9.17, 15) is 10.0 Å². The van der Waals surface area contributed by atoms with E-state index in [4.69, 9.17) is 5.11 Å². The molecule has 16 heavy (non-hydrogen) atoms. The third kappa shape index (κ3) is 1.86.